The first-order chi connectivity index (χ1) is 21.0. The topological polar surface area (TPSA) is 97.8 Å². The van der Waals surface area contributed by atoms with E-state index < -0.39 is 12.1 Å². The second-order valence-corrected chi connectivity index (χ2v) is 11.7. The largest absolute Gasteiger partial charge is 0.392 e. The third-order valence-corrected chi connectivity index (χ3v) is 8.98. The summed E-state index contributed by atoms with van der Waals surface area (Å²) in [6.45, 7) is 4.07. The molecule has 224 valence electrons. The van der Waals surface area contributed by atoms with Crippen LogP contribution in [-0.4, -0.2) is 71.5 Å². The fourth-order valence-corrected chi connectivity index (χ4v) is 6.53. The number of carbonyl (C=O) groups excluding carboxylic acids is 2. The molecule has 3 saturated heterocycles. The first kappa shape index (κ1) is 28.3. The standard InChI is InChI=1S/C34H36N2O7/c37-22-24-7-9-25(10-8-24)30-19-27(21-35-15-13-34(14-16-35)40-17-18-41-34)42-33(43-30)26-11-5-23(6-12-26)20-36-31(38)28-3-1-2-4-29(28)32(36)39/h1-12,27,30,33,37H,13-22H2/t27-,30+,33+/m0/s1. The second-order valence-electron chi connectivity index (χ2n) is 11.7. The summed E-state index contributed by atoms with van der Waals surface area (Å²) in [4.78, 5) is 29.4. The number of amides is 2. The van der Waals surface area contributed by atoms with Crippen molar-refractivity contribution in [2.24, 2.45) is 0 Å². The number of carbonyl (C=O) groups is 2. The highest BCUT2D eigenvalue weighted by molar-refractivity contribution is 6.21. The third kappa shape index (κ3) is 5.76. The van der Waals surface area contributed by atoms with E-state index in [1.807, 2.05) is 48.5 Å². The van der Waals surface area contributed by atoms with Crippen molar-refractivity contribution in [2.75, 3.05) is 32.8 Å². The molecule has 0 radical (unpaired) electrons. The number of aliphatic hydroxyl groups excluding tert-OH is 1. The quantitative estimate of drug-likeness (QED) is 0.410. The van der Waals surface area contributed by atoms with Gasteiger partial charge in [0.25, 0.3) is 11.8 Å². The van der Waals surface area contributed by atoms with Crippen molar-refractivity contribution in [1.29, 1.82) is 0 Å². The van der Waals surface area contributed by atoms with Crippen molar-refractivity contribution in [1.82, 2.24) is 9.80 Å². The first-order valence-electron chi connectivity index (χ1n) is 15.1. The van der Waals surface area contributed by atoms with Crippen LogP contribution in [0.2, 0.25) is 0 Å². The fourth-order valence-electron chi connectivity index (χ4n) is 6.53. The van der Waals surface area contributed by atoms with Crippen LogP contribution in [0.1, 0.15) is 74.6 Å². The smallest absolute Gasteiger partial charge is 0.261 e. The summed E-state index contributed by atoms with van der Waals surface area (Å²) < 4.78 is 24.9. The number of ether oxygens (including phenoxy) is 4. The molecule has 0 aliphatic carbocycles. The van der Waals surface area contributed by atoms with Gasteiger partial charge >= 0.3 is 0 Å². The molecule has 3 atom stereocenters. The number of fused-ring (bicyclic) bond motifs is 1. The van der Waals surface area contributed by atoms with Gasteiger partial charge in [0.2, 0.25) is 0 Å². The number of likely N-dealkylation sites (tertiary alicyclic amines) is 1. The van der Waals surface area contributed by atoms with Gasteiger partial charge in [0.15, 0.2) is 12.1 Å². The average molecular weight is 585 g/mol. The maximum Gasteiger partial charge on any atom is 0.261 e. The molecule has 4 aliphatic rings. The molecular formula is C34H36N2O7. The van der Waals surface area contributed by atoms with Crippen molar-refractivity contribution >= 4 is 11.8 Å². The van der Waals surface area contributed by atoms with Crippen LogP contribution in [0.4, 0.5) is 0 Å². The van der Waals surface area contributed by atoms with E-state index in [1.165, 1.54) is 4.90 Å². The monoisotopic (exact) mass is 584 g/mol. The molecular weight excluding hydrogens is 548 g/mol. The summed E-state index contributed by atoms with van der Waals surface area (Å²) >= 11 is 0. The molecule has 4 heterocycles. The molecule has 2 amide bonds. The van der Waals surface area contributed by atoms with Crippen LogP contribution < -0.4 is 0 Å². The van der Waals surface area contributed by atoms with E-state index in [-0.39, 0.29) is 37.2 Å². The molecule has 4 aliphatic heterocycles. The van der Waals surface area contributed by atoms with Crippen molar-refractivity contribution in [3.63, 3.8) is 0 Å². The molecule has 3 aromatic carbocycles. The lowest BCUT2D eigenvalue weighted by Gasteiger charge is -2.41. The van der Waals surface area contributed by atoms with E-state index in [1.54, 1.807) is 24.3 Å². The number of nitrogens with zero attached hydrogens (tertiary/aromatic N) is 2. The van der Waals surface area contributed by atoms with E-state index in [9.17, 15) is 14.7 Å². The lowest BCUT2D eigenvalue weighted by atomic mass is 9.98. The number of rotatable bonds is 7. The minimum atomic E-state index is -0.577. The minimum Gasteiger partial charge on any atom is -0.392 e. The molecule has 43 heavy (non-hydrogen) atoms. The molecule has 0 bridgehead atoms. The summed E-state index contributed by atoms with van der Waals surface area (Å²) in [6.07, 6.45) is 1.60. The van der Waals surface area contributed by atoms with Crippen molar-refractivity contribution in [2.45, 2.75) is 56.7 Å². The predicted molar refractivity (Wildman–Crippen MR) is 156 cm³/mol. The van der Waals surface area contributed by atoms with E-state index in [0.717, 1.165) is 54.7 Å². The van der Waals surface area contributed by atoms with E-state index in [2.05, 4.69) is 4.90 Å². The maximum atomic E-state index is 12.8. The number of piperidine rings is 1. The number of hydrogen-bond donors (Lipinski definition) is 1. The van der Waals surface area contributed by atoms with E-state index in [0.29, 0.717) is 30.8 Å². The van der Waals surface area contributed by atoms with Gasteiger partial charge in [-0.2, -0.15) is 0 Å². The van der Waals surface area contributed by atoms with Crippen LogP contribution in [0, 0.1) is 0 Å². The Morgan fingerprint density at radius 3 is 2.00 bits per heavy atom. The fraction of sp³-hybridized carbons (Fsp3) is 0.412. The Hall–Kier alpha value is -3.44. The van der Waals surface area contributed by atoms with Gasteiger partial charge in [-0.3, -0.25) is 14.5 Å². The van der Waals surface area contributed by atoms with E-state index in [4.69, 9.17) is 18.9 Å². The normalized spacial score (nSPS) is 25.4. The predicted octanol–water partition coefficient (Wildman–Crippen LogP) is 4.36. The Balaban J connectivity index is 1.05. The van der Waals surface area contributed by atoms with Crippen molar-refractivity contribution < 1.29 is 33.6 Å². The highest BCUT2D eigenvalue weighted by Gasteiger charge is 2.41. The maximum absolute atomic E-state index is 12.8. The SMILES string of the molecule is O=C1c2ccccc2C(=O)N1Cc1ccc([C@@H]2O[C@H](CN3CCC4(CC3)OCCO4)C[C@H](c3ccc(CO)cc3)O2)cc1. The Labute approximate surface area is 250 Å². The van der Waals surface area contributed by atoms with Crippen molar-refractivity contribution in [3.8, 4) is 0 Å². The van der Waals surface area contributed by atoms with Crippen LogP contribution in [0.5, 0.6) is 0 Å². The zero-order valence-electron chi connectivity index (χ0n) is 24.0. The highest BCUT2D eigenvalue weighted by Crippen LogP contribution is 2.39. The highest BCUT2D eigenvalue weighted by atomic mass is 16.7. The Morgan fingerprint density at radius 2 is 1.37 bits per heavy atom. The van der Waals surface area contributed by atoms with Gasteiger partial charge in [-0.25, -0.2) is 0 Å². The summed E-state index contributed by atoms with van der Waals surface area (Å²) in [6, 6.07) is 22.6. The third-order valence-electron chi connectivity index (χ3n) is 8.98. The van der Waals surface area contributed by atoms with Gasteiger partial charge in [0.1, 0.15) is 0 Å². The van der Waals surface area contributed by atoms with Crippen LogP contribution in [0.3, 0.4) is 0 Å². The van der Waals surface area contributed by atoms with Gasteiger partial charge < -0.3 is 29.0 Å². The number of aliphatic hydroxyl groups is 1. The van der Waals surface area contributed by atoms with Crippen LogP contribution in [-0.2, 0) is 32.1 Å². The van der Waals surface area contributed by atoms with Crippen LogP contribution in [0.25, 0.3) is 0 Å². The van der Waals surface area contributed by atoms with Crippen LogP contribution in [0.15, 0.2) is 72.8 Å². The summed E-state index contributed by atoms with van der Waals surface area (Å²) in [5, 5.41) is 9.50. The second kappa shape index (κ2) is 11.9. The molecule has 9 heteroatoms. The summed E-state index contributed by atoms with van der Waals surface area (Å²) in [5.41, 5.74) is 4.52. The van der Waals surface area contributed by atoms with Gasteiger partial charge in [-0.05, 0) is 28.8 Å². The summed E-state index contributed by atoms with van der Waals surface area (Å²) in [5.74, 6) is -0.950. The van der Waals surface area contributed by atoms with Gasteiger partial charge in [0.05, 0.1) is 49.7 Å². The molecule has 7 rings (SSSR count). The number of imide groups is 1. The van der Waals surface area contributed by atoms with Gasteiger partial charge in [0, 0.05) is 44.5 Å². The van der Waals surface area contributed by atoms with Gasteiger partial charge in [-0.1, -0.05) is 60.7 Å². The molecule has 3 aromatic rings. The van der Waals surface area contributed by atoms with Crippen LogP contribution >= 0.6 is 0 Å². The Kier molecular flexibility index (Phi) is 7.85. The molecule has 1 N–H and O–H groups in total. The molecule has 0 unspecified atom stereocenters. The molecule has 1 spiro atoms. The zero-order chi connectivity index (χ0) is 29.4. The Bertz CT molecular complexity index is 1420. The number of benzene rings is 3. The van der Waals surface area contributed by atoms with Crippen molar-refractivity contribution in [3.05, 3.63) is 106 Å². The average Bonchev–Trinajstić information content (AvgIpc) is 3.61. The Morgan fingerprint density at radius 1 is 0.767 bits per heavy atom. The number of hydrogen-bond acceptors (Lipinski definition) is 8. The lowest BCUT2D eigenvalue weighted by molar-refractivity contribution is -0.255. The molecule has 3 fully saturated rings. The zero-order valence-corrected chi connectivity index (χ0v) is 24.0. The molecule has 0 saturated carbocycles. The minimum absolute atomic E-state index is 0.00287. The molecule has 0 aromatic heterocycles. The van der Waals surface area contributed by atoms with E-state index >= 15 is 0 Å². The first-order valence-corrected chi connectivity index (χ1v) is 15.1. The lowest BCUT2D eigenvalue weighted by Crippen LogP contribution is -2.48. The van der Waals surface area contributed by atoms with Gasteiger partial charge in [-0.15, -0.1) is 0 Å². The summed E-state index contributed by atoms with van der Waals surface area (Å²) in [7, 11) is 0. The molecule has 9 nitrogen and oxygen atoms in total.